The maximum atomic E-state index is 12.4. The van der Waals surface area contributed by atoms with Gasteiger partial charge in [-0.15, -0.1) is 0 Å². The fourth-order valence-electron chi connectivity index (χ4n) is 3.59. The van der Waals surface area contributed by atoms with Crippen LogP contribution in [0, 0.1) is 0 Å². The quantitative estimate of drug-likeness (QED) is 0.801. The summed E-state index contributed by atoms with van der Waals surface area (Å²) in [6.45, 7) is 4.59. The van der Waals surface area contributed by atoms with E-state index in [-0.39, 0.29) is 5.91 Å². The number of benzene rings is 2. The maximum absolute atomic E-state index is 12.4. The molecular formula is C21H23ClN2O3. The average Bonchev–Trinajstić information content (AvgIpc) is 2.71. The summed E-state index contributed by atoms with van der Waals surface area (Å²) in [5.41, 5.74) is 3.37. The summed E-state index contributed by atoms with van der Waals surface area (Å²) in [4.78, 5) is 14.9. The number of fused-ring (bicyclic) bond motifs is 2. The van der Waals surface area contributed by atoms with Gasteiger partial charge in [-0.25, -0.2) is 0 Å². The van der Waals surface area contributed by atoms with Crippen LogP contribution in [-0.4, -0.2) is 43.7 Å². The smallest absolute Gasteiger partial charge is 0.251 e. The number of nitrogens with zero attached hydrogens (tertiary/aromatic N) is 1. The third-order valence-corrected chi connectivity index (χ3v) is 5.29. The third-order valence-electron chi connectivity index (χ3n) is 5.01. The average molecular weight is 387 g/mol. The van der Waals surface area contributed by atoms with Crippen molar-refractivity contribution in [2.45, 2.75) is 19.4 Å². The van der Waals surface area contributed by atoms with E-state index in [9.17, 15) is 4.79 Å². The van der Waals surface area contributed by atoms with E-state index in [0.29, 0.717) is 41.8 Å². The van der Waals surface area contributed by atoms with Crippen LogP contribution in [-0.2, 0) is 13.0 Å². The first-order valence-electron chi connectivity index (χ1n) is 9.37. The zero-order valence-electron chi connectivity index (χ0n) is 15.2. The number of rotatable bonds is 5. The number of hydrogen-bond donors (Lipinski definition) is 1. The van der Waals surface area contributed by atoms with Gasteiger partial charge in [-0.3, -0.25) is 9.69 Å². The van der Waals surface area contributed by atoms with E-state index >= 15 is 0 Å². The minimum Gasteiger partial charge on any atom is -0.486 e. The van der Waals surface area contributed by atoms with Crippen LogP contribution in [0.3, 0.4) is 0 Å². The fraction of sp³-hybridized carbons (Fsp3) is 0.381. The molecule has 1 N–H and O–H groups in total. The Hall–Kier alpha value is -2.24. The number of halogens is 1. The van der Waals surface area contributed by atoms with Crippen LogP contribution in [0.5, 0.6) is 11.5 Å². The highest BCUT2D eigenvalue weighted by Gasteiger charge is 2.19. The van der Waals surface area contributed by atoms with E-state index in [0.717, 1.165) is 32.5 Å². The fourth-order valence-corrected chi connectivity index (χ4v) is 3.86. The van der Waals surface area contributed by atoms with Crippen LogP contribution in [0.4, 0.5) is 0 Å². The lowest BCUT2D eigenvalue weighted by molar-refractivity contribution is 0.0950. The van der Waals surface area contributed by atoms with Crippen molar-refractivity contribution in [3.63, 3.8) is 0 Å². The lowest BCUT2D eigenvalue weighted by atomic mass is 10.00. The van der Waals surface area contributed by atoms with E-state index < -0.39 is 0 Å². The molecule has 4 rings (SSSR count). The summed E-state index contributed by atoms with van der Waals surface area (Å²) in [6, 6.07) is 11.9. The number of ether oxygens (including phenoxy) is 2. The van der Waals surface area contributed by atoms with Crippen molar-refractivity contribution < 1.29 is 14.3 Å². The molecule has 0 fully saturated rings. The second kappa shape index (κ2) is 8.19. The van der Waals surface area contributed by atoms with Crippen molar-refractivity contribution in [3.05, 3.63) is 58.1 Å². The Morgan fingerprint density at radius 1 is 1.15 bits per heavy atom. The van der Waals surface area contributed by atoms with E-state index in [2.05, 4.69) is 34.5 Å². The van der Waals surface area contributed by atoms with Crippen LogP contribution >= 0.6 is 11.6 Å². The van der Waals surface area contributed by atoms with Gasteiger partial charge in [-0.05, 0) is 36.1 Å². The standard InChI is InChI=1S/C21H23ClN2O3/c22-18-12-17(13-19-20(18)27-11-10-26-19)21(25)23-7-3-8-24-9-6-15-4-1-2-5-16(15)14-24/h1-2,4-5,12-13H,3,6-11,14H2,(H,23,25). The molecule has 0 bridgehead atoms. The number of nitrogens with one attached hydrogen (secondary N) is 1. The molecule has 0 unspecified atom stereocenters. The van der Waals surface area contributed by atoms with Gasteiger partial charge in [0.25, 0.3) is 5.91 Å². The SMILES string of the molecule is O=C(NCCCN1CCc2ccccc2C1)c1cc(Cl)c2c(c1)OCCO2. The molecule has 5 nitrogen and oxygen atoms in total. The summed E-state index contributed by atoms with van der Waals surface area (Å²) in [5, 5.41) is 3.38. The molecule has 2 aliphatic rings. The Kier molecular flexibility index (Phi) is 5.50. The minimum absolute atomic E-state index is 0.141. The first-order valence-corrected chi connectivity index (χ1v) is 9.75. The second-order valence-electron chi connectivity index (χ2n) is 6.89. The van der Waals surface area contributed by atoms with Gasteiger partial charge in [0.2, 0.25) is 0 Å². The van der Waals surface area contributed by atoms with Gasteiger partial charge in [0, 0.05) is 31.7 Å². The molecule has 0 aliphatic carbocycles. The van der Waals surface area contributed by atoms with Gasteiger partial charge in [-0.2, -0.15) is 0 Å². The molecule has 1 amide bonds. The second-order valence-corrected chi connectivity index (χ2v) is 7.29. The van der Waals surface area contributed by atoms with E-state index in [1.54, 1.807) is 12.1 Å². The largest absolute Gasteiger partial charge is 0.486 e. The molecular weight excluding hydrogens is 364 g/mol. The molecule has 0 radical (unpaired) electrons. The predicted molar refractivity (Wildman–Crippen MR) is 105 cm³/mol. The first-order chi connectivity index (χ1) is 13.2. The molecule has 2 aliphatic heterocycles. The van der Waals surface area contributed by atoms with E-state index in [1.807, 2.05) is 0 Å². The van der Waals surface area contributed by atoms with Crippen LogP contribution in [0.15, 0.2) is 36.4 Å². The lowest BCUT2D eigenvalue weighted by Crippen LogP contribution is -2.33. The zero-order chi connectivity index (χ0) is 18.6. The Morgan fingerprint density at radius 2 is 1.96 bits per heavy atom. The predicted octanol–water partition coefficient (Wildman–Crippen LogP) is 3.29. The molecule has 0 atom stereocenters. The minimum atomic E-state index is -0.141. The van der Waals surface area contributed by atoms with E-state index in [4.69, 9.17) is 21.1 Å². The molecule has 2 aromatic carbocycles. The van der Waals surface area contributed by atoms with Gasteiger partial charge >= 0.3 is 0 Å². The molecule has 142 valence electrons. The molecule has 0 saturated heterocycles. The van der Waals surface area contributed by atoms with Crippen molar-refractivity contribution in [1.82, 2.24) is 10.2 Å². The normalized spacial score (nSPS) is 15.9. The van der Waals surface area contributed by atoms with Gasteiger partial charge in [0.1, 0.15) is 13.2 Å². The van der Waals surface area contributed by atoms with Crippen LogP contribution in [0.1, 0.15) is 27.9 Å². The highest BCUT2D eigenvalue weighted by molar-refractivity contribution is 6.32. The molecule has 0 spiro atoms. The van der Waals surface area contributed by atoms with Crippen LogP contribution in [0.2, 0.25) is 5.02 Å². The molecule has 2 heterocycles. The topological polar surface area (TPSA) is 50.8 Å². The molecule has 0 aromatic heterocycles. The monoisotopic (exact) mass is 386 g/mol. The summed E-state index contributed by atoms with van der Waals surface area (Å²) >= 11 is 6.20. The Labute approximate surface area is 164 Å². The van der Waals surface area contributed by atoms with Crippen molar-refractivity contribution in [1.29, 1.82) is 0 Å². The number of carbonyl (C=O) groups excluding carboxylic acids is 1. The molecule has 2 aromatic rings. The summed E-state index contributed by atoms with van der Waals surface area (Å²) in [7, 11) is 0. The summed E-state index contributed by atoms with van der Waals surface area (Å²) in [6.07, 6.45) is 2.00. The number of amides is 1. The van der Waals surface area contributed by atoms with Crippen molar-refractivity contribution >= 4 is 17.5 Å². The van der Waals surface area contributed by atoms with Gasteiger partial charge in [0.05, 0.1) is 5.02 Å². The van der Waals surface area contributed by atoms with E-state index in [1.165, 1.54) is 11.1 Å². The summed E-state index contributed by atoms with van der Waals surface area (Å²) in [5.74, 6) is 0.911. The van der Waals surface area contributed by atoms with Crippen LogP contribution < -0.4 is 14.8 Å². The maximum Gasteiger partial charge on any atom is 0.251 e. The number of hydrogen-bond acceptors (Lipinski definition) is 4. The van der Waals surface area contributed by atoms with Gasteiger partial charge in [-0.1, -0.05) is 35.9 Å². The van der Waals surface area contributed by atoms with Crippen LogP contribution in [0.25, 0.3) is 0 Å². The third kappa shape index (κ3) is 4.20. The zero-order valence-corrected chi connectivity index (χ0v) is 15.9. The van der Waals surface area contributed by atoms with Crippen molar-refractivity contribution in [2.75, 3.05) is 32.8 Å². The Balaban J connectivity index is 1.26. The van der Waals surface area contributed by atoms with Gasteiger partial charge in [0.15, 0.2) is 11.5 Å². The van der Waals surface area contributed by atoms with Crippen molar-refractivity contribution in [2.24, 2.45) is 0 Å². The molecule has 6 heteroatoms. The molecule has 27 heavy (non-hydrogen) atoms. The molecule has 0 saturated carbocycles. The summed E-state index contributed by atoms with van der Waals surface area (Å²) < 4.78 is 11.0. The number of carbonyl (C=O) groups is 1. The Morgan fingerprint density at radius 3 is 2.85 bits per heavy atom. The Bertz CT molecular complexity index is 840. The van der Waals surface area contributed by atoms with Crippen molar-refractivity contribution in [3.8, 4) is 11.5 Å². The van der Waals surface area contributed by atoms with Gasteiger partial charge < -0.3 is 14.8 Å². The highest BCUT2D eigenvalue weighted by atomic mass is 35.5. The lowest BCUT2D eigenvalue weighted by Gasteiger charge is -2.28. The first kappa shape index (κ1) is 18.1. The highest BCUT2D eigenvalue weighted by Crippen LogP contribution is 2.38.